The Morgan fingerprint density at radius 3 is 2.89 bits per heavy atom. The van der Waals surface area contributed by atoms with Gasteiger partial charge >= 0.3 is 0 Å². The first-order valence-corrected chi connectivity index (χ1v) is 10.3. The van der Waals surface area contributed by atoms with Crippen LogP contribution in [0.25, 0.3) is 0 Å². The third-order valence-electron chi connectivity index (χ3n) is 5.58. The molecule has 1 aromatic carbocycles. The monoisotopic (exact) mass is 402 g/mol. The molecule has 0 bridgehead atoms. The Morgan fingerprint density at radius 2 is 2.18 bits per heavy atom. The number of hydrogen-bond donors (Lipinski definition) is 1. The number of carbonyl (C=O) groups excluding carboxylic acids is 2. The highest BCUT2D eigenvalue weighted by Gasteiger charge is 2.49. The fourth-order valence-corrected chi connectivity index (χ4v) is 5.12. The number of hydrogen-bond acceptors (Lipinski definition) is 5. The number of fused-ring (bicyclic) bond motifs is 1. The van der Waals surface area contributed by atoms with Gasteiger partial charge in [-0.2, -0.15) is 0 Å². The molecule has 28 heavy (non-hydrogen) atoms. The van der Waals surface area contributed by atoms with Gasteiger partial charge in [0, 0.05) is 44.1 Å². The summed E-state index contributed by atoms with van der Waals surface area (Å²) in [5, 5.41) is 5.65. The number of benzene rings is 1. The summed E-state index contributed by atoms with van der Waals surface area (Å²) in [5.74, 6) is -0.0830. The van der Waals surface area contributed by atoms with Crippen molar-refractivity contribution in [3.05, 3.63) is 52.2 Å². The molecule has 2 aliphatic rings. The maximum absolute atomic E-state index is 13.9. The first kappa shape index (κ1) is 19.0. The van der Waals surface area contributed by atoms with Gasteiger partial charge in [0.25, 0.3) is 0 Å². The van der Waals surface area contributed by atoms with Crippen LogP contribution in [0.4, 0.5) is 4.39 Å². The fraction of sp³-hybridized carbons (Fsp3) is 0.450. The average molecular weight is 402 g/mol. The zero-order valence-electron chi connectivity index (χ0n) is 15.7. The molecule has 1 N–H and O–H groups in total. The lowest BCUT2D eigenvalue weighted by Gasteiger charge is -2.30. The highest BCUT2D eigenvalue weighted by atomic mass is 32.1. The van der Waals surface area contributed by atoms with Crippen LogP contribution >= 0.6 is 11.3 Å². The molecule has 8 heteroatoms. The molecule has 0 saturated carbocycles. The van der Waals surface area contributed by atoms with Crippen molar-refractivity contribution in [3.63, 3.8) is 0 Å². The second-order valence-corrected chi connectivity index (χ2v) is 8.48. The minimum absolute atomic E-state index is 0.0244. The molecule has 2 saturated heterocycles. The van der Waals surface area contributed by atoms with Crippen molar-refractivity contribution in [3.8, 4) is 0 Å². The first-order valence-electron chi connectivity index (χ1n) is 9.41. The van der Waals surface area contributed by atoms with Crippen LogP contribution in [0.5, 0.6) is 0 Å². The van der Waals surface area contributed by atoms with E-state index in [2.05, 4.69) is 15.2 Å². The Labute approximate surface area is 167 Å². The Balaban J connectivity index is 1.54. The molecule has 4 rings (SSSR count). The molecule has 0 unspecified atom stereocenters. The van der Waals surface area contributed by atoms with Crippen LogP contribution in [-0.2, 0) is 16.1 Å². The number of nitrogens with zero attached hydrogens (tertiary/aromatic N) is 3. The lowest BCUT2D eigenvalue weighted by molar-refractivity contribution is -0.133. The van der Waals surface area contributed by atoms with E-state index in [0.717, 1.165) is 30.2 Å². The summed E-state index contributed by atoms with van der Waals surface area (Å²) in [6, 6.07) is 6.34. The topological polar surface area (TPSA) is 65.5 Å². The van der Waals surface area contributed by atoms with Crippen LogP contribution in [0.1, 0.15) is 23.5 Å². The number of thiazole rings is 1. The van der Waals surface area contributed by atoms with Gasteiger partial charge in [-0.1, -0.05) is 12.1 Å². The van der Waals surface area contributed by atoms with Crippen LogP contribution < -0.4 is 5.32 Å². The minimum atomic E-state index is -0.298. The van der Waals surface area contributed by atoms with Crippen molar-refractivity contribution >= 4 is 23.2 Å². The largest absolute Gasteiger partial charge is 0.347 e. The Kier molecular flexibility index (Phi) is 5.41. The van der Waals surface area contributed by atoms with E-state index in [1.165, 1.54) is 19.1 Å². The lowest BCUT2D eigenvalue weighted by atomic mass is 9.89. The van der Waals surface area contributed by atoms with Gasteiger partial charge in [-0.25, -0.2) is 9.37 Å². The summed E-state index contributed by atoms with van der Waals surface area (Å²) in [6.45, 7) is 4.53. The number of aromatic nitrogens is 1. The van der Waals surface area contributed by atoms with Crippen LogP contribution in [0, 0.1) is 17.7 Å². The molecule has 3 heterocycles. The molecule has 0 radical (unpaired) electrons. The number of rotatable bonds is 5. The van der Waals surface area contributed by atoms with Crippen LogP contribution in [0.3, 0.4) is 0 Å². The summed E-state index contributed by atoms with van der Waals surface area (Å²) in [5.41, 5.74) is 0.819. The summed E-state index contributed by atoms with van der Waals surface area (Å²) in [6.07, 6.45) is 1.81. The van der Waals surface area contributed by atoms with Crippen LogP contribution in [0.2, 0.25) is 0 Å². The normalized spacial score (nSPS) is 24.4. The van der Waals surface area contributed by atoms with E-state index in [4.69, 9.17) is 0 Å². The van der Waals surface area contributed by atoms with E-state index in [-0.39, 0.29) is 36.1 Å². The van der Waals surface area contributed by atoms with Gasteiger partial charge in [0.2, 0.25) is 11.8 Å². The molecular formula is C20H23FN4O2S. The molecule has 0 spiro atoms. The van der Waals surface area contributed by atoms with Crippen LogP contribution in [-0.4, -0.2) is 52.8 Å². The van der Waals surface area contributed by atoms with Gasteiger partial charge in [-0.15, -0.1) is 11.3 Å². The SMILES string of the molecule is CC(=O)NCC(=O)N1C[C@@H]2CN(Cc3nccs3)C[C@@H]2[C@H]1c1cccc(F)c1. The molecule has 1 aromatic heterocycles. The highest BCUT2D eigenvalue weighted by molar-refractivity contribution is 7.09. The van der Waals surface area contributed by atoms with Gasteiger partial charge in [0.15, 0.2) is 0 Å². The smallest absolute Gasteiger partial charge is 0.242 e. The Morgan fingerprint density at radius 1 is 1.32 bits per heavy atom. The van der Waals surface area contributed by atoms with Crippen molar-refractivity contribution in [2.75, 3.05) is 26.2 Å². The Hall–Kier alpha value is -2.32. The van der Waals surface area contributed by atoms with Crippen molar-refractivity contribution in [1.29, 1.82) is 0 Å². The molecule has 2 aliphatic heterocycles. The van der Waals surface area contributed by atoms with Gasteiger partial charge in [-0.3, -0.25) is 14.5 Å². The molecule has 6 nitrogen and oxygen atoms in total. The number of amides is 2. The average Bonchev–Trinajstić information content (AvgIpc) is 3.36. The lowest BCUT2D eigenvalue weighted by Crippen LogP contribution is -2.41. The van der Waals surface area contributed by atoms with Crippen molar-refractivity contribution in [2.45, 2.75) is 19.5 Å². The van der Waals surface area contributed by atoms with Crippen molar-refractivity contribution in [1.82, 2.24) is 20.1 Å². The van der Waals surface area contributed by atoms with E-state index in [1.807, 2.05) is 22.5 Å². The maximum atomic E-state index is 13.9. The van der Waals surface area contributed by atoms with E-state index in [1.54, 1.807) is 17.4 Å². The predicted octanol–water partition coefficient (Wildman–Crippen LogP) is 2.05. The third kappa shape index (κ3) is 3.93. The quantitative estimate of drug-likeness (QED) is 0.831. The molecular weight excluding hydrogens is 379 g/mol. The number of carbonyl (C=O) groups is 2. The zero-order valence-corrected chi connectivity index (χ0v) is 16.5. The minimum Gasteiger partial charge on any atom is -0.347 e. The standard InChI is InChI=1S/C20H23FN4O2S/c1-13(26)23-8-19(27)25-10-15-9-24(12-18-22-5-6-28-18)11-17(15)20(25)14-3-2-4-16(21)7-14/h2-7,15,17,20H,8-12H2,1H3,(H,23,26)/t15-,17-,20+/m0/s1. The summed E-state index contributed by atoms with van der Waals surface area (Å²) in [4.78, 5) is 32.5. The van der Waals surface area contributed by atoms with E-state index < -0.39 is 0 Å². The molecule has 2 amide bonds. The highest BCUT2D eigenvalue weighted by Crippen LogP contribution is 2.45. The number of nitrogens with one attached hydrogen (secondary N) is 1. The number of halogens is 1. The molecule has 2 aromatic rings. The van der Waals surface area contributed by atoms with Crippen molar-refractivity contribution in [2.24, 2.45) is 11.8 Å². The summed E-state index contributed by atoms with van der Waals surface area (Å²) < 4.78 is 13.9. The molecule has 2 fully saturated rings. The Bertz CT molecular complexity index is 860. The van der Waals surface area contributed by atoms with E-state index >= 15 is 0 Å². The summed E-state index contributed by atoms with van der Waals surface area (Å²) in [7, 11) is 0. The maximum Gasteiger partial charge on any atom is 0.242 e. The van der Waals surface area contributed by atoms with Crippen LogP contribution in [0.15, 0.2) is 35.8 Å². The predicted molar refractivity (Wildman–Crippen MR) is 104 cm³/mol. The molecule has 148 valence electrons. The molecule has 3 atom stereocenters. The van der Waals surface area contributed by atoms with Gasteiger partial charge in [0.05, 0.1) is 19.1 Å². The van der Waals surface area contributed by atoms with Crippen molar-refractivity contribution < 1.29 is 14.0 Å². The first-order chi connectivity index (χ1) is 13.5. The second-order valence-electron chi connectivity index (χ2n) is 7.50. The van der Waals surface area contributed by atoms with Gasteiger partial charge < -0.3 is 10.2 Å². The molecule has 0 aliphatic carbocycles. The fourth-order valence-electron chi connectivity index (χ4n) is 4.46. The summed E-state index contributed by atoms with van der Waals surface area (Å²) >= 11 is 1.64. The second kappa shape index (κ2) is 7.97. The van der Waals surface area contributed by atoms with Gasteiger partial charge in [-0.05, 0) is 23.6 Å². The van der Waals surface area contributed by atoms with E-state index in [0.29, 0.717) is 12.5 Å². The zero-order chi connectivity index (χ0) is 19.7. The third-order valence-corrected chi connectivity index (χ3v) is 6.35. The van der Waals surface area contributed by atoms with E-state index in [9.17, 15) is 14.0 Å². The van der Waals surface area contributed by atoms with Gasteiger partial charge in [0.1, 0.15) is 10.8 Å². The number of likely N-dealkylation sites (tertiary alicyclic amines) is 2.